The average Bonchev–Trinajstić information content (AvgIpc) is 2.41. The van der Waals surface area contributed by atoms with E-state index >= 15 is 0 Å². The molecule has 1 aliphatic rings. The first kappa shape index (κ1) is 12.0. The number of nitrogens with zero attached hydrogens (tertiary/aromatic N) is 2. The van der Waals surface area contributed by atoms with Gasteiger partial charge in [0.2, 0.25) is 0 Å². The molecule has 0 spiro atoms. The number of rotatable bonds is 3. The topological polar surface area (TPSA) is 3.24 Å². The molecule has 0 aromatic heterocycles. The fraction of sp³-hybridized carbons (Fsp3) is 1.00. The summed E-state index contributed by atoms with van der Waals surface area (Å²) < 4.78 is 1.17. The van der Waals surface area contributed by atoms with Crippen LogP contribution in [0.4, 0.5) is 0 Å². The Labute approximate surface area is 89.5 Å². The third-order valence-electron chi connectivity index (χ3n) is 4.15. The molecule has 0 radical (unpaired) electrons. The molecule has 1 rings (SSSR count). The van der Waals surface area contributed by atoms with Crippen LogP contribution < -0.4 is 0 Å². The lowest BCUT2D eigenvalue weighted by atomic mass is 10.00. The zero-order valence-electron chi connectivity index (χ0n) is 10.8. The van der Waals surface area contributed by atoms with Gasteiger partial charge in [-0.2, -0.15) is 0 Å². The van der Waals surface area contributed by atoms with Gasteiger partial charge in [0.15, 0.2) is 0 Å². The Morgan fingerprint density at radius 2 is 1.86 bits per heavy atom. The van der Waals surface area contributed by atoms with Crippen LogP contribution in [-0.2, 0) is 0 Å². The zero-order valence-corrected chi connectivity index (χ0v) is 10.8. The summed E-state index contributed by atoms with van der Waals surface area (Å²) in [6, 6.07) is 0.820. The molecule has 1 saturated heterocycles. The third kappa shape index (κ3) is 2.12. The molecule has 0 aliphatic carbocycles. The van der Waals surface area contributed by atoms with Crippen LogP contribution in [0.1, 0.15) is 40.5 Å². The second-order valence-corrected chi connectivity index (χ2v) is 5.87. The van der Waals surface area contributed by atoms with Crippen molar-refractivity contribution >= 4 is 0 Å². The van der Waals surface area contributed by atoms with Crippen molar-refractivity contribution in [2.45, 2.75) is 52.1 Å². The van der Waals surface area contributed by atoms with Gasteiger partial charge in [0, 0.05) is 5.54 Å². The number of hydrogen-bond donors (Lipinski definition) is 0. The Balaban J connectivity index is 2.71. The van der Waals surface area contributed by atoms with E-state index in [1.165, 1.54) is 30.5 Å². The van der Waals surface area contributed by atoms with Crippen LogP contribution in [0.3, 0.4) is 0 Å². The van der Waals surface area contributed by atoms with Gasteiger partial charge in [0.25, 0.3) is 0 Å². The lowest BCUT2D eigenvalue weighted by Gasteiger charge is -2.34. The van der Waals surface area contributed by atoms with Crippen LogP contribution in [0, 0.1) is 0 Å². The predicted molar refractivity (Wildman–Crippen MR) is 62.1 cm³/mol. The van der Waals surface area contributed by atoms with Crippen molar-refractivity contribution in [1.82, 2.24) is 4.90 Å². The standard InChI is InChI=1S/C12H27N2/c1-7-11-9-13(10-14(11,5)6)12(3,4)8-2/h11H,7-10H2,1-6H3/q+1. The van der Waals surface area contributed by atoms with Gasteiger partial charge < -0.3 is 4.48 Å². The Bertz CT molecular complexity index is 194. The van der Waals surface area contributed by atoms with Crippen molar-refractivity contribution in [2.24, 2.45) is 0 Å². The van der Waals surface area contributed by atoms with Crippen molar-refractivity contribution in [3.05, 3.63) is 0 Å². The van der Waals surface area contributed by atoms with Crippen molar-refractivity contribution in [2.75, 3.05) is 27.3 Å². The highest BCUT2D eigenvalue weighted by atomic mass is 15.5. The Kier molecular flexibility index (Phi) is 3.27. The Morgan fingerprint density at radius 3 is 2.21 bits per heavy atom. The van der Waals surface area contributed by atoms with E-state index in [9.17, 15) is 0 Å². The summed E-state index contributed by atoms with van der Waals surface area (Å²) in [6.07, 6.45) is 2.53. The summed E-state index contributed by atoms with van der Waals surface area (Å²) in [7, 11) is 4.72. The molecule has 0 saturated carbocycles. The minimum atomic E-state index is 0.374. The highest BCUT2D eigenvalue weighted by Gasteiger charge is 2.42. The molecule has 1 fully saturated rings. The van der Waals surface area contributed by atoms with E-state index in [0.717, 1.165) is 6.04 Å². The molecular weight excluding hydrogens is 172 g/mol. The van der Waals surface area contributed by atoms with Crippen LogP contribution in [0.15, 0.2) is 0 Å². The summed E-state index contributed by atoms with van der Waals surface area (Å²) in [6.45, 7) is 11.8. The van der Waals surface area contributed by atoms with E-state index in [1.54, 1.807) is 0 Å². The van der Waals surface area contributed by atoms with Gasteiger partial charge in [0.1, 0.15) is 12.7 Å². The van der Waals surface area contributed by atoms with Gasteiger partial charge in [-0.3, -0.25) is 0 Å². The molecule has 84 valence electrons. The number of quaternary nitrogens is 1. The smallest absolute Gasteiger partial charge is 0.135 e. The third-order valence-corrected chi connectivity index (χ3v) is 4.15. The van der Waals surface area contributed by atoms with Crippen LogP contribution in [0.2, 0.25) is 0 Å². The predicted octanol–water partition coefficient (Wildman–Crippen LogP) is 2.30. The van der Waals surface area contributed by atoms with Crippen LogP contribution in [0.5, 0.6) is 0 Å². The largest absolute Gasteiger partial charge is 0.312 e. The van der Waals surface area contributed by atoms with E-state index < -0.39 is 0 Å². The van der Waals surface area contributed by atoms with Gasteiger partial charge in [-0.25, -0.2) is 4.90 Å². The second-order valence-electron chi connectivity index (χ2n) is 5.87. The normalized spacial score (nSPS) is 28.3. The van der Waals surface area contributed by atoms with Crippen molar-refractivity contribution < 1.29 is 4.48 Å². The maximum absolute atomic E-state index is 2.65. The molecule has 1 aliphatic heterocycles. The first-order chi connectivity index (χ1) is 6.33. The van der Waals surface area contributed by atoms with Crippen LogP contribution >= 0.6 is 0 Å². The summed E-state index contributed by atoms with van der Waals surface area (Å²) in [5.74, 6) is 0. The lowest BCUT2D eigenvalue weighted by molar-refractivity contribution is -0.906. The lowest BCUT2D eigenvalue weighted by Crippen LogP contribution is -2.47. The van der Waals surface area contributed by atoms with Crippen LogP contribution in [-0.4, -0.2) is 48.3 Å². The quantitative estimate of drug-likeness (QED) is 0.630. The Morgan fingerprint density at radius 1 is 1.29 bits per heavy atom. The van der Waals surface area contributed by atoms with E-state index in [4.69, 9.17) is 0 Å². The molecule has 0 aromatic carbocycles. The molecular formula is C12H27N2+. The summed E-state index contributed by atoms with van der Waals surface area (Å²) in [5.41, 5.74) is 0.374. The molecule has 0 amide bonds. The summed E-state index contributed by atoms with van der Waals surface area (Å²) in [4.78, 5) is 2.65. The highest BCUT2D eigenvalue weighted by Crippen LogP contribution is 2.29. The van der Waals surface area contributed by atoms with E-state index in [2.05, 4.69) is 46.7 Å². The molecule has 1 heterocycles. The number of hydrogen-bond acceptors (Lipinski definition) is 1. The fourth-order valence-corrected chi connectivity index (χ4v) is 2.37. The molecule has 14 heavy (non-hydrogen) atoms. The van der Waals surface area contributed by atoms with Gasteiger partial charge in [-0.05, 0) is 26.7 Å². The molecule has 0 N–H and O–H groups in total. The van der Waals surface area contributed by atoms with Gasteiger partial charge >= 0.3 is 0 Å². The van der Waals surface area contributed by atoms with Crippen LogP contribution in [0.25, 0.3) is 0 Å². The molecule has 0 bridgehead atoms. The first-order valence-corrected chi connectivity index (χ1v) is 5.91. The van der Waals surface area contributed by atoms with Crippen molar-refractivity contribution in [3.63, 3.8) is 0 Å². The van der Waals surface area contributed by atoms with E-state index in [1.807, 2.05) is 0 Å². The zero-order chi connectivity index (χ0) is 11.0. The fourth-order valence-electron chi connectivity index (χ4n) is 2.37. The molecule has 2 heteroatoms. The average molecular weight is 199 g/mol. The second kappa shape index (κ2) is 3.82. The minimum absolute atomic E-state index is 0.374. The molecule has 1 atom stereocenters. The molecule has 2 nitrogen and oxygen atoms in total. The van der Waals surface area contributed by atoms with Gasteiger partial charge in [-0.15, -0.1) is 0 Å². The first-order valence-electron chi connectivity index (χ1n) is 5.91. The Hall–Kier alpha value is -0.0800. The van der Waals surface area contributed by atoms with Gasteiger partial charge in [-0.1, -0.05) is 13.8 Å². The van der Waals surface area contributed by atoms with Crippen molar-refractivity contribution in [1.29, 1.82) is 0 Å². The highest BCUT2D eigenvalue weighted by molar-refractivity contribution is 4.83. The van der Waals surface area contributed by atoms with Crippen molar-refractivity contribution in [3.8, 4) is 0 Å². The van der Waals surface area contributed by atoms with E-state index in [-0.39, 0.29) is 0 Å². The minimum Gasteiger partial charge on any atom is -0.312 e. The number of likely N-dealkylation sites (N-methyl/N-ethyl adjacent to an activating group) is 1. The molecule has 1 unspecified atom stereocenters. The molecule has 0 aromatic rings. The summed E-state index contributed by atoms with van der Waals surface area (Å²) >= 11 is 0. The maximum atomic E-state index is 2.65. The monoisotopic (exact) mass is 199 g/mol. The maximum Gasteiger partial charge on any atom is 0.135 e. The SMILES string of the molecule is CCC1CN(C(C)(C)CC)C[N+]1(C)C. The van der Waals surface area contributed by atoms with E-state index in [0.29, 0.717) is 5.54 Å². The van der Waals surface area contributed by atoms with Gasteiger partial charge in [0.05, 0.1) is 20.6 Å². The summed E-state index contributed by atoms with van der Waals surface area (Å²) in [5, 5.41) is 0.